The number of likely N-dealkylation sites (N-methyl/N-ethyl adjacent to an activating group) is 1. The van der Waals surface area contributed by atoms with E-state index in [2.05, 4.69) is 81.5 Å². The van der Waals surface area contributed by atoms with Gasteiger partial charge in [0.15, 0.2) is 16.9 Å². The lowest BCUT2D eigenvalue weighted by atomic mass is 10.0. The molecule has 0 aliphatic carbocycles. The van der Waals surface area contributed by atoms with Crippen LogP contribution in [0.15, 0.2) is 156 Å². The van der Waals surface area contributed by atoms with Gasteiger partial charge in [0.2, 0.25) is 29.6 Å². The van der Waals surface area contributed by atoms with Gasteiger partial charge in [-0.3, -0.25) is 19.4 Å². The monoisotopic (exact) mass is 1960 g/mol. The number of piperazine rings is 3. The third kappa shape index (κ3) is 20.8. The zero-order valence-electron chi connectivity index (χ0n) is 83.3. The second-order valence-corrected chi connectivity index (χ2v) is 39.3. The summed E-state index contributed by atoms with van der Waals surface area (Å²) in [5.74, 6) is 0.551. The first-order valence-electron chi connectivity index (χ1n) is 47.8. The van der Waals surface area contributed by atoms with Gasteiger partial charge in [0.25, 0.3) is 0 Å². The van der Waals surface area contributed by atoms with E-state index in [1.165, 1.54) is 39.5 Å². The predicted molar refractivity (Wildman–Crippen MR) is 555 cm³/mol. The summed E-state index contributed by atoms with van der Waals surface area (Å²) >= 11 is 20.8. The highest BCUT2D eigenvalue weighted by atomic mass is 35.5. The Hall–Kier alpha value is -12.9. The van der Waals surface area contributed by atoms with Gasteiger partial charge in [-0.2, -0.15) is 15.0 Å². The number of fused-ring (bicyclic) bond motifs is 3. The van der Waals surface area contributed by atoms with Crippen molar-refractivity contribution in [3.63, 3.8) is 0 Å². The Morgan fingerprint density at radius 2 is 0.807 bits per heavy atom. The molecule has 6 atom stereocenters. The molecular weight excluding hydrogens is 1840 g/mol. The van der Waals surface area contributed by atoms with Crippen molar-refractivity contribution in [3.8, 4) is 50.8 Å². The molecule has 1 N–H and O–H groups in total. The number of hydrogen-bond acceptors (Lipinski definition) is 24. The standard InChI is InChI=1S/C36H45ClFN9O2.C36H42ClFN8O3.C33H37ClN6O2/c1-10-28(48)45-18-23(7)46(19-22(45)6)33-25-17-26(37)31(24-13-11-12-14-27(24)38)40-34(25)47(36(49)43-33)32-29(20(2)3)41-35(39-15-16-44(8)9)42-30(32)21(4)5;1-8-28(47)44-18-23(7)45(19-22(44)6)33-25-17-26(37)31(24-11-9-10-12-27(24)38)39-34(25)46(36(48)42-33)32-29(20(2)3)40-35(41-30(32)21(4)5)43-13-15-49-16-14-43;1-8-23-12-10-11-13-24(23)29-26(34)16-25-31(39-18-21(6)38(17-22(39)7)27(41)9-2)37-33(42)40(32(25)36-29)30-20(5)14-15-35-28(30)19(3)4/h10-14,17,20-23H,1,15-16,18-19H2,2-9H3,(H,39,41,42);8-12,17,20-23H,1,13-16,18-19H2,2-7H3;9-16,19,21-22H,2,8,17-18H2,1,3-7H3. The summed E-state index contributed by atoms with van der Waals surface area (Å²) in [5.41, 5.74) is 8.84. The van der Waals surface area contributed by atoms with Crippen LogP contribution in [0.2, 0.25) is 15.1 Å². The molecule has 30 nitrogen and oxygen atoms in total. The quantitative estimate of drug-likeness (QED) is 0.0582. The second-order valence-electron chi connectivity index (χ2n) is 38.1. The van der Waals surface area contributed by atoms with Crippen molar-refractivity contribution < 1.29 is 27.9 Å². The van der Waals surface area contributed by atoms with Gasteiger partial charge in [0.1, 0.15) is 29.1 Å². The molecule has 16 rings (SSSR count). The average Bonchev–Trinajstić information content (AvgIpc) is 0.544. The third-order valence-electron chi connectivity index (χ3n) is 26.0. The number of anilines is 5. The molecule has 6 unspecified atom stereocenters. The highest BCUT2D eigenvalue weighted by Crippen LogP contribution is 2.44. The molecule has 736 valence electrons. The normalized spacial score (nSPS) is 17.5. The number of hydrogen-bond donors (Lipinski definition) is 1. The zero-order chi connectivity index (χ0) is 101. The molecule has 9 aromatic heterocycles. The molecule has 140 heavy (non-hydrogen) atoms. The summed E-state index contributed by atoms with van der Waals surface area (Å²) in [5, 5.41) is 5.90. The topological polar surface area (TPSA) is 306 Å². The number of halogens is 5. The maximum Gasteiger partial charge on any atom is 0.355 e. The van der Waals surface area contributed by atoms with Crippen molar-refractivity contribution in [3.05, 3.63) is 239 Å². The van der Waals surface area contributed by atoms with E-state index in [4.69, 9.17) is 79.4 Å². The number of amides is 3. The fourth-order valence-electron chi connectivity index (χ4n) is 18.7. The van der Waals surface area contributed by atoms with E-state index in [9.17, 15) is 28.8 Å². The first-order chi connectivity index (χ1) is 66.7. The second kappa shape index (κ2) is 43.5. The Balaban J connectivity index is 0.000000168. The first-order valence-corrected chi connectivity index (χ1v) is 48.9. The Labute approximate surface area is 830 Å². The summed E-state index contributed by atoms with van der Waals surface area (Å²) in [7, 11) is 3.99. The summed E-state index contributed by atoms with van der Waals surface area (Å²) in [4.78, 5) is 150. The maximum absolute atomic E-state index is 15.3. The van der Waals surface area contributed by atoms with Gasteiger partial charge < -0.3 is 49.3 Å². The lowest BCUT2D eigenvalue weighted by molar-refractivity contribution is -0.129. The van der Waals surface area contributed by atoms with Crippen LogP contribution in [0.25, 0.3) is 83.9 Å². The lowest BCUT2D eigenvalue weighted by Gasteiger charge is -2.44. The van der Waals surface area contributed by atoms with Crippen LogP contribution in [0.4, 0.5) is 38.1 Å². The number of benzene rings is 3. The molecule has 0 bridgehead atoms. The fourth-order valence-corrected chi connectivity index (χ4v) is 19.5. The van der Waals surface area contributed by atoms with E-state index >= 15 is 8.78 Å². The average molecular weight is 1960 g/mol. The summed E-state index contributed by atoms with van der Waals surface area (Å²) in [6, 6.07) is 26.8. The smallest absolute Gasteiger partial charge is 0.355 e. The van der Waals surface area contributed by atoms with Gasteiger partial charge >= 0.3 is 17.1 Å². The van der Waals surface area contributed by atoms with E-state index in [1.54, 1.807) is 74.0 Å². The van der Waals surface area contributed by atoms with Gasteiger partial charge in [0.05, 0.1) is 107 Å². The predicted octanol–water partition coefficient (Wildman–Crippen LogP) is 17.7. The third-order valence-corrected chi connectivity index (χ3v) is 26.9. The maximum atomic E-state index is 15.3. The van der Waals surface area contributed by atoms with Gasteiger partial charge in [-0.1, -0.05) is 179 Å². The zero-order valence-corrected chi connectivity index (χ0v) is 85.6. The molecule has 4 fully saturated rings. The Bertz CT molecular complexity index is 6900. The van der Waals surface area contributed by atoms with Crippen LogP contribution < -0.4 is 42.0 Å². The van der Waals surface area contributed by atoms with Gasteiger partial charge in [-0.15, -0.1) is 0 Å². The number of aromatic nitrogens is 14. The summed E-state index contributed by atoms with van der Waals surface area (Å²) in [6.07, 6.45) is 6.54. The Kier molecular flexibility index (Phi) is 32.0. The fraction of sp³-hybridized carbons (Fsp3) is 0.419. The van der Waals surface area contributed by atoms with Crippen LogP contribution in [0.1, 0.15) is 187 Å². The molecule has 35 heteroatoms. The number of carbonyl (C=O) groups excluding carboxylic acids is 3. The van der Waals surface area contributed by atoms with Crippen LogP contribution in [0, 0.1) is 18.6 Å². The van der Waals surface area contributed by atoms with Crippen molar-refractivity contribution in [1.82, 2.24) is 88.1 Å². The molecule has 12 aromatic rings. The van der Waals surface area contributed by atoms with E-state index in [-0.39, 0.29) is 127 Å². The number of rotatable bonds is 23. The minimum absolute atomic E-state index is 0.0606. The summed E-state index contributed by atoms with van der Waals surface area (Å²) in [6.45, 7) is 53.6. The van der Waals surface area contributed by atoms with E-state index < -0.39 is 28.7 Å². The number of aryl methyl sites for hydroxylation is 2. The molecule has 0 saturated carbocycles. The molecule has 3 aromatic carbocycles. The van der Waals surface area contributed by atoms with Crippen molar-refractivity contribution in [1.29, 1.82) is 0 Å². The van der Waals surface area contributed by atoms with E-state index in [1.807, 2.05) is 158 Å². The number of nitrogens with one attached hydrogen (secondary N) is 1. The molecule has 4 aliphatic rings. The van der Waals surface area contributed by atoms with Crippen molar-refractivity contribution in [2.75, 3.05) is 118 Å². The van der Waals surface area contributed by atoms with Crippen molar-refractivity contribution in [2.24, 2.45) is 0 Å². The largest absolute Gasteiger partial charge is 0.378 e. The van der Waals surface area contributed by atoms with Crippen LogP contribution in [-0.4, -0.2) is 235 Å². The van der Waals surface area contributed by atoms with Crippen LogP contribution >= 0.6 is 34.8 Å². The van der Waals surface area contributed by atoms with Gasteiger partial charge in [-0.05, 0) is 176 Å². The number of nitrogens with zero attached hydrogens (tertiary/aromatic N) is 22. The van der Waals surface area contributed by atoms with Crippen molar-refractivity contribution in [2.45, 2.75) is 197 Å². The summed E-state index contributed by atoms with van der Waals surface area (Å²) < 4.78 is 40.6. The molecule has 3 amide bonds. The number of morpholine rings is 1. The molecule has 0 radical (unpaired) electrons. The molecule has 4 aliphatic heterocycles. The van der Waals surface area contributed by atoms with Crippen LogP contribution in [-0.2, 0) is 25.5 Å². The van der Waals surface area contributed by atoms with Crippen molar-refractivity contribution >= 4 is 115 Å². The van der Waals surface area contributed by atoms with Crippen LogP contribution in [0.5, 0.6) is 0 Å². The molecule has 0 spiro atoms. The highest BCUT2D eigenvalue weighted by molar-refractivity contribution is 6.35. The van der Waals surface area contributed by atoms with Gasteiger partial charge in [0, 0.05) is 125 Å². The minimum atomic E-state index is -0.582. The minimum Gasteiger partial charge on any atom is -0.378 e. The van der Waals surface area contributed by atoms with Crippen LogP contribution in [0.3, 0.4) is 0 Å². The van der Waals surface area contributed by atoms with Gasteiger partial charge in [-0.25, -0.2) is 71.8 Å². The number of pyridine rings is 4. The Morgan fingerprint density at radius 3 is 1.16 bits per heavy atom. The molecule has 13 heterocycles. The lowest BCUT2D eigenvalue weighted by Crippen LogP contribution is -2.58. The molecular formula is C105H124Cl3F2N23O7. The number of ether oxygens (including phenoxy) is 1. The molecule has 4 saturated heterocycles. The Morgan fingerprint density at radius 1 is 0.464 bits per heavy atom. The first kappa shape index (κ1) is 103. The number of carbonyl (C=O) groups is 3. The van der Waals surface area contributed by atoms with E-state index in [0.29, 0.717) is 174 Å². The SMILES string of the molecule is C=CC(=O)N1CC(C)N(c2nc(=O)n(-c3c(C(C)C)nc(N4CCOCC4)nc3C(C)C)c3nc(-c4ccccc4F)c(Cl)cc23)CC1C.C=CC(=O)N1CC(C)N(c2nc(=O)n(-c3c(C(C)C)nc(NCCN(C)C)nc3C(C)C)c3nc(-c4ccccc4F)c(Cl)cc23)CC1C.C=CC(=O)N1CC(C)N(c2nc(=O)n(-c3c(C)ccnc3C(C)C)c3nc(-c4ccccc4CC)c(Cl)cc23)CC1C. The highest BCUT2D eigenvalue weighted by Gasteiger charge is 2.40. The van der Waals surface area contributed by atoms with E-state index in [0.717, 1.165) is 35.3 Å².